The molecule has 2 atom stereocenters. The second kappa shape index (κ2) is 5.45. The van der Waals surface area contributed by atoms with Gasteiger partial charge in [-0.2, -0.15) is 5.26 Å². The molecule has 0 spiro atoms. The number of ether oxygens (including phenoxy) is 1. The number of furan rings is 1. The highest BCUT2D eigenvalue weighted by atomic mass is 16.5. The van der Waals surface area contributed by atoms with Crippen LogP contribution in [0, 0.1) is 11.3 Å². The quantitative estimate of drug-likeness (QED) is 0.886. The molecule has 6 heteroatoms. The van der Waals surface area contributed by atoms with Crippen LogP contribution < -0.4 is 10.1 Å². The first-order valence-electron chi connectivity index (χ1n) is 7.18. The number of hydrogen-bond donors (Lipinski definition) is 2. The molecule has 0 bridgehead atoms. The summed E-state index contributed by atoms with van der Waals surface area (Å²) in [6, 6.07) is 9.41. The van der Waals surface area contributed by atoms with E-state index in [2.05, 4.69) is 5.32 Å². The van der Waals surface area contributed by atoms with Gasteiger partial charge in [0.2, 0.25) is 0 Å². The van der Waals surface area contributed by atoms with Crippen molar-refractivity contribution in [1.29, 1.82) is 5.26 Å². The summed E-state index contributed by atoms with van der Waals surface area (Å²) < 4.78 is 10.9. The largest absolute Gasteiger partial charge is 0.485 e. The first kappa shape index (κ1) is 15.1. The van der Waals surface area contributed by atoms with Crippen molar-refractivity contribution >= 4 is 5.91 Å². The van der Waals surface area contributed by atoms with Crippen molar-refractivity contribution in [2.45, 2.75) is 31.6 Å². The molecule has 3 rings (SSSR count). The number of carbonyl (C=O) groups excluding carboxylic acids is 1. The lowest BCUT2D eigenvalue weighted by molar-refractivity contribution is -0.0628. The summed E-state index contributed by atoms with van der Waals surface area (Å²) in [4.78, 5) is 12.3. The Bertz CT molecular complexity index is 774. The minimum atomic E-state index is -0.983. The van der Waals surface area contributed by atoms with E-state index in [4.69, 9.17) is 14.4 Å². The van der Waals surface area contributed by atoms with Crippen molar-refractivity contribution in [2.24, 2.45) is 0 Å². The number of rotatable bonds is 2. The minimum absolute atomic E-state index is 0.152. The van der Waals surface area contributed by atoms with Crippen molar-refractivity contribution in [3.8, 4) is 11.8 Å². The summed E-state index contributed by atoms with van der Waals surface area (Å²) in [5.74, 6) is 0.244. The second-order valence-corrected chi connectivity index (χ2v) is 5.94. The van der Waals surface area contributed by atoms with Gasteiger partial charge >= 0.3 is 0 Å². The summed E-state index contributed by atoms with van der Waals surface area (Å²) in [5, 5.41) is 22.4. The van der Waals surface area contributed by atoms with Crippen LogP contribution in [0.3, 0.4) is 0 Å². The van der Waals surface area contributed by atoms with E-state index in [0.717, 1.165) is 0 Å². The Hall–Kier alpha value is -2.78. The molecule has 0 saturated carbocycles. The maximum Gasteiger partial charge on any atom is 0.287 e. The van der Waals surface area contributed by atoms with Gasteiger partial charge in [-0.15, -0.1) is 0 Å². The molecule has 1 amide bonds. The Balaban J connectivity index is 2.00. The summed E-state index contributed by atoms with van der Waals surface area (Å²) in [6.07, 6.45) is 0.420. The molecule has 2 heterocycles. The van der Waals surface area contributed by atoms with Gasteiger partial charge in [-0.25, -0.2) is 0 Å². The number of benzene rings is 1. The molecule has 0 aliphatic carbocycles. The Kier molecular flexibility index (Phi) is 3.58. The SMILES string of the molecule is CC1(C)Oc2ccc(C#N)cc2C(NC(=O)c2ccco2)C1O. The van der Waals surface area contributed by atoms with E-state index in [0.29, 0.717) is 16.9 Å². The molecule has 6 nitrogen and oxygen atoms in total. The normalized spacial score (nSPS) is 21.7. The van der Waals surface area contributed by atoms with Crippen LogP contribution in [0.2, 0.25) is 0 Å². The first-order chi connectivity index (χ1) is 10.9. The van der Waals surface area contributed by atoms with E-state index in [1.54, 1.807) is 44.2 Å². The number of carbonyl (C=O) groups is 1. The lowest BCUT2D eigenvalue weighted by Gasteiger charge is -2.42. The Morgan fingerprint density at radius 3 is 2.83 bits per heavy atom. The topological polar surface area (TPSA) is 95.5 Å². The molecule has 23 heavy (non-hydrogen) atoms. The summed E-state index contributed by atoms with van der Waals surface area (Å²) in [5.41, 5.74) is 0.106. The predicted octanol–water partition coefficient (Wildman–Crippen LogP) is 2.15. The molecule has 0 saturated heterocycles. The molecule has 1 aliphatic heterocycles. The third kappa shape index (κ3) is 2.67. The average molecular weight is 312 g/mol. The summed E-state index contributed by atoms with van der Waals surface area (Å²) in [7, 11) is 0. The zero-order valence-electron chi connectivity index (χ0n) is 12.7. The fourth-order valence-electron chi connectivity index (χ4n) is 2.65. The zero-order chi connectivity index (χ0) is 16.6. The first-order valence-corrected chi connectivity index (χ1v) is 7.18. The highest BCUT2D eigenvalue weighted by molar-refractivity contribution is 5.91. The molecule has 1 aromatic carbocycles. The van der Waals surface area contributed by atoms with E-state index in [9.17, 15) is 9.90 Å². The van der Waals surface area contributed by atoms with E-state index >= 15 is 0 Å². The molecule has 118 valence electrons. The van der Waals surface area contributed by atoms with Crippen molar-refractivity contribution in [1.82, 2.24) is 5.32 Å². The number of aliphatic hydroxyl groups excluding tert-OH is 1. The number of amides is 1. The Morgan fingerprint density at radius 1 is 1.39 bits per heavy atom. The van der Waals surface area contributed by atoms with Crippen LogP contribution in [0.5, 0.6) is 5.75 Å². The monoisotopic (exact) mass is 312 g/mol. The number of nitrogens with zero attached hydrogens (tertiary/aromatic N) is 1. The molecule has 0 fully saturated rings. The third-order valence-electron chi connectivity index (χ3n) is 3.91. The fraction of sp³-hybridized carbons (Fsp3) is 0.294. The molecule has 2 aromatic rings. The van der Waals surface area contributed by atoms with Crippen LogP contribution in [0.15, 0.2) is 41.0 Å². The standard InChI is InChI=1S/C17H16N2O4/c1-17(2)15(20)14(19-16(21)13-4-3-7-22-13)11-8-10(9-18)5-6-12(11)23-17/h3-8,14-15,20H,1-2H3,(H,19,21). The minimum Gasteiger partial charge on any atom is -0.485 e. The molecule has 2 unspecified atom stereocenters. The number of nitriles is 1. The van der Waals surface area contributed by atoms with E-state index in [-0.39, 0.29) is 5.76 Å². The molecule has 1 aromatic heterocycles. The van der Waals surface area contributed by atoms with Gasteiger partial charge in [0.1, 0.15) is 17.5 Å². The molecule has 1 aliphatic rings. The third-order valence-corrected chi connectivity index (χ3v) is 3.91. The van der Waals surface area contributed by atoms with Gasteiger partial charge in [0.05, 0.1) is 23.9 Å². The van der Waals surface area contributed by atoms with Crippen LogP contribution in [-0.2, 0) is 0 Å². The highest BCUT2D eigenvalue weighted by Crippen LogP contribution is 2.40. The van der Waals surface area contributed by atoms with Gasteiger partial charge in [0.25, 0.3) is 5.91 Å². The lowest BCUT2D eigenvalue weighted by Crippen LogP contribution is -2.53. The van der Waals surface area contributed by atoms with Crippen LogP contribution in [0.25, 0.3) is 0 Å². The van der Waals surface area contributed by atoms with Gasteiger partial charge in [0.15, 0.2) is 5.76 Å². The predicted molar refractivity (Wildman–Crippen MR) is 80.8 cm³/mol. The lowest BCUT2D eigenvalue weighted by atomic mass is 9.86. The zero-order valence-corrected chi connectivity index (χ0v) is 12.7. The van der Waals surface area contributed by atoms with Crippen molar-refractivity contribution < 1.29 is 19.1 Å². The van der Waals surface area contributed by atoms with E-state index < -0.39 is 23.7 Å². The molecule has 0 radical (unpaired) electrons. The number of nitrogens with one attached hydrogen (secondary N) is 1. The Labute approximate surface area is 133 Å². The number of fused-ring (bicyclic) bond motifs is 1. The maximum absolute atomic E-state index is 12.3. The van der Waals surface area contributed by atoms with Gasteiger partial charge < -0.3 is 19.6 Å². The molecular weight excluding hydrogens is 296 g/mol. The van der Waals surface area contributed by atoms with E-state index in [1.165, 1.54) is 6.26 Å². The van der Waals surface area contributed by atoms with Crippen LogP contribution in [-0.4, -0.2) is 22.7 Å². The summed E-state index contributed by atoms with van der Waals surface area (Å²) in [6.45, 7) is 3.48. The maximum atomic E-state index is 12.3. The molecular formula is C17H16N2O4. The van der Waals surface area contributed by atoms with Gasteiger partial charge in [-0.1, -0.05) is 0 Å². The van der Waals surface area contributed by atoms with Gasteiger partial charge in [-0.05, 0) is 44.2 Å². The van der Waals surface area contributed by atoms with Gasteiger partial charge in [0, 0.05) is 5.56 Å². The van der Waals surface area contributed by atoms with Gasteiger partial charge in [-0.3, -0.25) is 4.79 Å². The Morgan fingerprint density at radius 2 is 2.17 bits per heavy atom. The van der Waals surface area contributed by atoms with Crippen molar-refractivity contribution in [3.05, 3.63) is 53.5 Å². The fourth-order valence-corrected chi connectivity index (χ4v) is 2.65. The molecule has 2 N–H and O–H groups in total. The van der Waals surface area contributed by atoms with Crippen LogP contribution >= 0.6 is 0 Å². The van der Waals surface area contributed by atoms with Crippen LogP contribution in [0.4, 0.5) is 0 Å². The number of aliphatic hydroxyl groups is 1. The van der Waals surface area contributed by atoms with Crippen molar-refractivity contribution in [3.63, 3.8) is 0 Å². The van der Waals surface area contributed by atoms with Crippen LogP contribution in [0.1, 0.15) is 41.6 Å². The average Bonchev–Trinajstić information content (AvgIpc) is 3.05. The van der Waals surface area contributed by atoms with Crippen molar-refractivity contribution in [2.75, 3.05) is 0 Å². The smallest absolute Gasteiger partial charge is 0.287 e. The van der Waals surface area contributed by atoms with E-state index in [1.807, 2.05) is 6.07 Å². The number of hydrogen-bond acceptors (Lipinski definition) is 5. The summed E-state index contributed by atoms with van der Waals surface area (Å²) >= 11 is 0. The second-order valence-electron chi connectivity index (χ2n) is 5.94. The highest BCUT2D eigenvalue weighted by Gasteiger charge is 2.43.